The maximum Gasteiger partial charge on any atom is 0.126 e. The second kappa shape index (κ2) is 12.2. The number of aliphatic hydroxyl groups excluding tert-OH is 2. The Morgan fingerprint density at radius 3 is 2.00 bits per heavy atom. The van der Waals surface area contributed by atoms with Crippen LogP contribution in [0.3, 0.4) is 0 Å². The third-order valence-electron chi connectivity index (χ3n) is 4.35. The van der Waals surface area contributed by atoms with E-state index in [1.54, 1.807) is 7.11 Å². The summed E-state index contributed by atoms with van der Waals surface area (Å²) in [7, 11) is 3.79. The molecular weight excluding hydrogens is 298 g/mol. The lowest BCUT2D eigenvalue weighted by Gasteiger charge is -2.39. The molecule has 1 aliphatic rings. The van der Waals surface area contributed by atoms with Crippen molar-refractivity contribution in [2.24, 2.45) is 0 Å². The number of aliphatic hydroxyl groups is 2. The van der Waals surface area contributed by atoms with Crippen LogP contribution in [-0.2, 0) is 14.2 Å². The molecule has 6 nitrogen and oxygen atoms in total. The number of quaternary nitrogens is 1. The largest absolute Gasteiger partial charge is 0.388 e. The van der Waals surface area contributed by atoms with Crippen molar-refractivity contribution in [3.05, 3.63) is 0 Å². The lowest BCUT2D eigenvalue weighted by molar-refractivity contribution is -0.916. The fourth-order valence-corrected chi connectivity index (χ4v) is 3.11. The second-order valence-corrected chi connectivity index (χ2v) is 6.93. The van der Waals surface area contributed by atoms with Gasteiger partial charge in [-0.25, -0.2) is 0 Å². The summed E-state index contributed by atoms with van der Waals surface area (Å²) >= 11 is 0. The number of hydrogen-bond acceptors (Lipinski definition) is 5. The summed E-state index contributed by atoms with van der Waals surface area (Å²) in [6, 6.07) is 0. The van der Waals surface area contributed by atoms with Crippen molar-refractivity contribution in [2.75, 3.05) is 66.8 Å². The Balaban J connectivity index is 1.92. The molecule has 1 saturated heterocycles. The number of likely N-dealkylation sites (N-methyl/N-ethyl adjacent to an activating group) is 1. The molecule has 138 valence electrons. The molecule has 23 heavy (non-hydrogen) atoms. The van der Waals surface area contributed by atoms with Gasteiger partial charge in [0.25, 0.3) is 0 Å². The Labute approximate surface area is 140 Å². The second-order valence-electron chi connectivity index (χ2n) is 6.93. The summed E-state index contributed by atoms with van der Waals surface area (Å²) < 4.78 is 16.7. The molecule has 1 heterocycles. The van der Waals surface area contributed by atoms with Gasteiger partial charge in [0, 0.05) is 20.3 Å². The highest BCUT2D eigenvalue weighted by molar-refractivity contribution is 4.58. The number of methoxy groups -OCH3 is 1. The van der Waals surface area contributed by atoms with Crippen LogP contribution >= 0.6 is 0 Å². The normalized spacial score (nSPS) is 20.3. The summed E-state index contributed by atoms with van der Waals surface area (Å²) in [5.74, 6) is 0. The number of likely N-dealkylation sites (tertiary alicyclic amines) is 1. The third-order valence-corrected chi connectivity index (χ3v) is 4.35. The van der Waals surface area contributed by atoms with Crippen molar-refractivity contribution in [1.82, 2.24) is 0 Å². The lowest BCUT2D eigenvalue weighted by atomic mass is 10.1. The van der Waals surface area contributed by atoms with Gasteiger partial charge in [0.2, 0.25) is 0 Å². The molecule has 2 atom stereocenters. The predicted octanol–water partition coefficient (Wildman–Crippen LogP) is 0.799. The minimum Gasteiger partial charge on any atom is -0.388 e. The highest BCUT2D eigenvalue weighted by Crippen LogP contribution is 2.16. The van der Waals surface area contributed by atoms with E-state index in [4.69, 9.17) is 14.2 Å². The highest BCUT2D eigenvalue weighted by atomic mass is 16.5. The molecule has 0 bridgehead atoms. The third kappa shape index (κ3) is 10.3. The number of hydrogen-bond donors (Lipinski definition) is 2. The van der Waals surface area contributed by atoms with E-state index < -0.39 is 6.10 Å². The number of rotatable bonds is 13. The van der Waals surface area contributed by atoms with Crippen molar-refractivity contribution in [1.29, 1.82) is 0 Å². The number of piperidine rings is 1. The first kappa shape index (κ1) is 20.8. The first-order valence-electron chi connectivity index (χ1n) is 8.90. The molecular formula is C17H36NO5+. The molecule has 1 aliphatic heterocycles. The molecule has 2 unspecified atom stereocenters. The topological polar surface area (TPSA) is 68.2 Å². The Morgan fingerprint density at radius 2 is 1.43 bits per heavy atom. The molecule has 0 spiro atoms. The van der Waals surface area contributed by atoms with E-state index in [0.717, 1.165) is 23.9 Å². The van der Waals surface area contributed by atoms with Crippen LogP contribution in [0.4, 0.5) is 0 Å². The van der Waals surface area contributed by atoms with Crippen molar-refractivity contribution in [3.63, 3.8) is 0 Å². The van der Waals surface area contributed by atoms with E-state index in [2.05, 4.69) is 7.05 Å². The standard InChI is InChI=1S/C17H36NO5/c1-18(8-4-3-5-9-18)12-16(19)14-22-10-6-7-11-23-15-17(20)13-21-2/h16-17,19-20H,3-15H2,1-2H3/q+1. The summed E-state index contributed by atoms with van der Waals surface area (Å²) in [6.07, 6.45) is 4.73. The van der Waals surface area contributed by atoms with Crippen LogP contribution in [-0.4, -0.2) is 93.7 Å². The molecule has 1 rings (SSSR count). The Morgan fingerprint density at radius 1 is 0.870 bits per heavy atom. The van der Waals surface area contributed by atoms with E-state index in [1.807, 2.05) is 0 Å². The van der Waals surface area contributed by atoms with Gasteiger partial charge >= 0.3 is 0 Å². The van der Waals surface area contributed by atoms with Gasteiger partial charge in [-0.1, -0.05) is 0 Å². The Hall–Kier alpha value is -0.240. The summed E-state index contributed by atoms with van der Waals surface area (Å²) in [4.78, 5) is 0. The number of ether oxygens (including phenoxy) is 3. The van der Waals surface area contributed by atoms with Crippen LogP contribution in [0.15, 0.2) is 0 Å². The van der Waals surface area contributed by atoms with Gasteiger partial charge in [0.15, 0.2) is 0 Å². The summed E-state index contributed by atoms with van der Waals surface area (Å²) in [6.45, 7) is 5.42. The first-order chi connectivity index (χ1) is 11.1. The van der Waals surface area contributed by atoms with E-state index in [0.29, 0.717) is 33.0 Å². The number of nitrogens with zero attached hydrogens (tertiary/aromatic N) is 1. The number of unbranched alkanes of at least 4 members (excludes halogenated alkanes) is 1. The van der Waals surface area contributed by atoms with Crippen LogP contribution in [0.2, 0.25) is 0 Å². The lowest BCUT2D eigenvalue weighted by Crippen LogP contribution is -2.52. The maximum atomic E-state index is 10.1. The van der Waals surface area contributed by atoms with E-state index in [1.165, 1.54) is 32.4 Å². The first-order valence-corrected chi connectivity index (χ1v) is 8.90. The van der Waals surface area contributed by atoms with E-state index in [-0.39, 0.29) is 6.10 Å². The smallest absolute Gasteiger partial charge is 0.126 e. The summed E-state index contributed by atoms with van der Waals surface area (Å²) in [5.41, 5.74) is 0. The molecule has 6 heteroatoms. The van der Waals surface area contributed by atoms with Crippen molar-refractivity contribution in [2.45, 2.75) is 44.3 Å². The molecule has 0 amide bonds. The zero-order valence-electron chi connectivity index (χ0n) is 14.9. The van der Waals surface area contributed by atoms with Gasteiger partial charge in [-0.2, -0.15) is 0 Å². The van der Waals surface area contributed by atoms with Gasteiger partial charge in [0.1, 0.15) is 18.8 Å². The fourth-order valence-electron chi connectivity index (χ4n) is 3.11. The zero-order valence-corrected chi connectivity index (χ0v) is 14.9. The average molecular weight is 334 g/mol. The molecule has 0 aromatic carbocycles. The Kier molecular flexibility index (Phi) is 11.0. The average Bonchev–Trinajstić information content (AvgIpc) is 2.50. The SMILES string of the molecule is COCC(O)COCCCCOCC(O)C[N+]1(C)CCCCC1. The van der Waals surface area contributed by atoms with Gasteiger partial charge in [0.05, 0.1) is 40.0 Å². The van der Waals surface area contributed by atoms with E-state index >= 15 is 0 Å². The highest BCUT2D eigenvalue weighted by Gasteiger charge is 2.27. The van der Waals surface area contributed by atoms with E-state index in [9.17, 15) is 10.2 Å². The van der Waals surface area contributed by atoms with Crippen molar-refractivity contribution < 1.29 is 28.9 Å². The monoisotopic (exact) mass is 334 g/mol. The van der Waals surface area contributed by atoms with Crippen molar-refractivity contribution >= 4 is 0 Å². The van der Waals surface area contributed by atoms with Crippen LogP contribution in [0.1, 0.15) is 32.1 Å². The van der Waals surface area contributed by atoms with Gasteiger partial charge in [-0.15, -0.1) is 0 Å². The molecule has 0 saturated carbocycles. The van der Waals surface area contributed by atoms with Gasteiger partial charge in [-0.3, -0.25) is 0 Å². The minimum absolute atomic E-state index is 0.304. The molecule has 0 radical (unpaired) electrons. The van der Waals surface area contributed by atoms with Gasteiger partial charge < -0.3 is 28.9 Å². The van der Waals surface area contributed by atoms with Crippen molar-refractivity contribution in [3.8, 4) is 0 Å². The maximum absolute atomic E-state index is 10.1. The quantitative estimate of drug-likeness (QED) is 0.385. The minimum atomic E-state index is -0.550. The molecule has 0 aliphatic carbocycles. The van der Waals surface area contributed by atoms with Crippen LogP contribution in [0.25, 0.3) is 0 Å². The molecule has 0 aromatic heterocycles. The van der Waals surface area contributed by atoms with Crippen LogP contribution in [0.5, 0.6) is 0 Å². The fraction of sp³-hybridized carbons (Fsp3) is 1.00. The predicted molar refractivity (Wildman–Crippen MR) is 89.4 cm³/mol. The molecule has 2 N–H and O–H groups in total. The Bertz CT molecular complexity index is 284. The van der Waals surface area contributed by atoms with Gasteiger partial charge in [-0.05, 0) is 32.1 Å². The zero-order chi connectivity index (χ0) is 17.0. The summed E-state index contributed by atoms with van der Waals surface area (Å²) in [5, 5.41) is 19.5. The van der Waals surface area contributed by atoms with Crippen LogP contribution < -0.4 is 0 Å². The molecule has 0 aromatic rings. The van der Waals surface area contributed by atoms with Crippen LogP contribution in [0, 0.1) is 0 Å². The molecule has 1 fully saturated rings.